The summed E-state index contributed by atoms with van der Waals surface area (Å²) in [6.45, 7) is 6.04. The SMILES string of the molecule is CC1(N)CCC1.CC1(NS(=O)(=O)c2ccc3c(Cl)cnc(Cl)c3c2)CCC1.Cc1ccc2c(Cl)cnc(Cl)c2c1. The van der Waals surface area contributed by atoms with Crippen LogP contribution in [0.3, 0.4) is 0 Å². The Morgan fingerprint density at radius 1 is 0.775 bits per heavy atom. The minimum absolute atomic E-state index is 0.175. The van der Waals surface area contributed by atoms with Crippen LogP contribution in [0.2, 0.25) is 20.4 Å². The van der Waals surface area contributed by atoms with E-state index in [1.807, 2.05) is 32.0 Å². The van der Waals surface area contributed by atoms with Crippen LogP contribution >= 0.6 is 46.4 Å². The molecule has 2 saturated carbocycles. The average molecular weight is 642 g/mol. The number of nitrogens with one attached hydrogen (secondary N) is 1. The topological polar surface area (TPSA) is 98.0 Å². The van der Waals surface area contributed by atoms with E-state index in [0.717, 1.165) is 35.6 Å². The second-order valence-corrected chi connectivity index (χ2v) is 14.3. The van der Waals surface area contributed by atoms with E-state index >= 15 is 0 Å². The molecule has 0 aliphatic heterocycles. The fourth-order valence-electron chi connectivity index (χ4n) is 4.54. The van der Waals surface area contributed by atoms with Crippen LogP contribution in [0.25, 0.3) is 21.5 Å². The molecular weight excluding hydrogens is 610 g/mol. The number of nitrogens with two attached hydrogens (primary N) is 1. The number of sulfonamides is 1. The van der Waals surface area contributed by atoms with Crippen LogP contribution in [-0.4, -0.2) is 29.5 Å². The van der Waals surface area contributed by atoms with Gasteiger partial charge in [0, 0.05) is 45.0 Å². The van der Waals surface area contributed by atoms with Gasteiger partial charge < -0.3 is 5.73 Å². The smallest absolute Gasteiger partial charge is 0.241 e. The molecule has 6 rings (SSSR count). The van der Waals surface area contributed by atoms with Crippen molar-refractivity contribution in [2.24, 2.45) is 5.73 Å². The van der Waals surface area contributed by atoms with E-state index in [-0.39, 0.29) is 21.1 Å². The molecule has 0 unspecified atom stereocenters. The number of hydrogen-bond acceptors (Lipinski definition) is 5. The maximum Gasteiger partial charge on any atom is 0.241 e. The fourth-order valence-corrected chi connectivity index (χ4v) is 6.87. The third-order valence-corrected chi connectivity index (χ3v) is 10.2. The number of pyridine rings is 2. The summed E-state index contributed by atoms with van der Waals surface area (Å²) in [7, 11) is -3.58. The van der Waals surface area contributed by atoms with Crippen molar-refractivity contribution in [2.45, 2.75) is 75.3 Å². The second-order valence-electron chi connectivity index (χ2n) is 11.1. The van der Waals surface area contributed by atoms with Gasteiger partial charge in [-0.15, -0.1) is 0 Å². The molecule has 0 atom stereocenters. The van der Waals surface area contributed by atoms with Crippen molar-refractivity contribution in [2.75, 3.05) is 0 Å². The predicted molar refractivity (Wildman–Crippen MR) is 167 cm³/mol. The molecule has 214 valence electrons. The number of rotatable bonds is 3. The number of aryl methyl sites for hydroxylation is 1. The van der Waals surface area contributed by atoms with E-state index in [4.69, 9.17) is 52.1 Å². The van der Waals surface area contributed by atoms with Gasteiger partial charge in [0.2, 0.25) is 10.0 Å². The first-order chi connectivity index (χ1) is 18.7. The molecule has 4 aromatic rings. The van der Waals surface area contributed by atoms with Gasteiger partial charge in [-0.25, -0.2) is 23.1 Å². The van der Waals surface area contributed by atoms with Gasteiger partial charge in [0.15, 0.2) is 0 Å². The molecule has 2 heterocycles. The predicted octanol–water partition coefficient (Wildman–Crippen LogP) is 8.50. The average Bonchev–Trinajstić information content (AvgIpc) is 2.87. The highest BCUT2D eigenvalue weighted by atomic mass is 35.5. The van der Waals surface area contributed by atoms with E-state index < -0.39 is 10.0 Å². The molecule has 11 heteroatoms. The fraction of sp³-hybridized carbons (Fsp3) is 0.379. The summed E-state index contributed by atoms with van der Waals surface area (Å²) in [6, 6.07) is 10.7. The van der Waals surface area contributed by atoms with Gasteiger partial charge in [0.1, 0.15) is 10.3 Å². The van der Waals surface area contributed by atoms with E-state index in [2.05, 4.69) is 21.6 Å². The van der Waals surface area contributed by atoms with Crippen LogP contribution < -0.4 is 10.5 Å². The molecule has 0 amide bonds. The lowest BCUT2D eigenvalue weighted by Crippen LogP contribution is -2.50. The molecular formula is C29H32Cl4N4O2S. The summed E-state index contributed by atoms with van der Waals surface area (Å²) in [5.41, 5.74) is 6.65. The summed E-state index contributed by atoms with van der Waals surface area (Å²) < 4.78 is 27.7. The van der Waals surface area contributed by atoms with Crippen molar-refractivity contribution < 1.29 is 8.42 Å². The van der Waals surface area contributed by atoms with Gasteiger partial charge in [0.25, 0.3) is 0 Å². The van der Waals surface area contributed by atoms with Crippen molar-refractivity contribution in [3.63, 3.8) is 0 Å². The lowest BCUT2D eigenvalue weighted by Gasteiger charge is -2.38. The first kappa shape index (κ1) is 31.2. The molecule has 2 aromatic carbocycles. The van der Waals surface area contributed by atoms with E-state index in [1.54, 1.807) is 12.3 Å². The van der Waals surface area contributed by atoms with Gasteiger partial charge in [-0.05, 0) is 77.5 Å². The second kappa shape index (κ2) is 12.3. The van der Waals surface area contributed by atoms with Gasteiger partial charge in [-0.1, -0.05) is 70.2 Å². The summed E-state index contributed by atoms with van der Waals surface area (Å²) in [6.07, 6.45) is 9.58. The Morgan fingerprint density at radius 2 is 1.25 bits per heavy atom. The summed E-state index contributed by atoms with van der Waals surface area (Å²) in [4.78, 5) is 8.11. The van der Waals surface area contributed by atoms with Gasteiger partial charge in [0.05, 0.1) is 14.9 Å². The highest BCUT2D eigenvalue weighted by Crippen LogP contribution is 2.34. The minimum Gasteiger partial charge on any atom is -0.325 e. The number of aromatic nitrogens is 2. The Morgan fingerprint density at radius 3 is 1.70 bits per heavy atom. The normalized spacial score (nSPS) is 17.1. The molecule has 2 aromatic heterocycles. The Labute approximate surface area is 255 Å². The third kappa shape index (κ3) is 7.37. The van der Waals surface area contributed by atoms with E-state index in [0.29, 0.717) is 26.0 Å². The highest BCUT2D eigenvalue weighted by Gasteiger charge is 2.36. The van der Waals surface area contributed by atoms with Crippen LogP contribution in [0.1, 0.15) is 57.9 Å². The lowest BCUT2D eigenvalue weighted by atomic mass is 9.80. The van der Waals surface area contributed by atoms with Crippen molar-refractivity contribution >= 4 is 78.0 Å². The van der Waals surface area contributed by atoms with Crippen LogP contribution in [0.5, 0.6) is 0 Å². The summed E-state index contributed by atoms with van der Waals surface area (Å²) in [5.74, 6) is 0. The monoisotopic (exact) mass is 640 g/mol. The molecule has 2 aliphatic carbocycles. The molecule has 40 heavy (non-hydrogen) atoms. The van der Waals surface area contributed by atoms with Crippen molar-refractivity contribution in [3.8, 4) is 0 Å². The first-order valence-electron chi connectivity index (χ1n) is 13.0. The summed E-state index contributed by atoms with van der Waals surface area (Å²) in [5, 5.41) is 4.90. The van der Waals surface area contributed by atoms with E-state index in [1.165, 1.54) is 37.6 Å². The molecule has 0 radical (unpaired) electrons. The van der Waals surface area contributed by atoms with Gasteiger partial charge >= 0.3 is 0 Å². The van der Waals surface area contributed by atoms with Crippen molar-refractivity contribution in [1.82, 2.24) is 14.7 Å². The van der Waals surface area contributed by atoms with Crippen LogP contribution in [0.4, 0.5) is 0 Å². The van der Waals surface area contributed by atoms with Crippen LogP contribution in [0, 0.1) is 6.92 Å². The van der Waals surface area contributed by atoms with Crippen LogP contribution in [0.15, 0.2) is 53.7 Å². The summed E-state index contributed by atoms with van der Waals surface area (Å²) >= 11 is 24.0. The van der Waals surface area contributed by atoms with Crippen molar-refractivity contribution in [1.29, 1.82) is 0 Å². The van der Waals surface area contributed by atoms with E-state index in [9.17, 15) is 8.42 Å². The van der Waals surface area contributed by atoms with Gasteiger partial charge in [-0.2, -0.15) is 0 Å². The Balaban J connectivity index is 0.000000164. The molecule has 2 aliphatic rings. The standard InChI is InChI=1S/C14H14Cl2N2O2S.C10H7Cl2N.C5H11N/c1-14(5-2-6-14)18-21(19,20)9-3-4-10-11(7-9)13(16)17-8-12(10)15;1-6-2-3-7-8(4-6)10(12)13-5-9(7)11;1-5(6)3-2-4-5/h3-4,7-8,18H,2,5-6H2,1H3;2-5H,1H3;2-4,6H2,1H3. The molecule has 3 N–H and O–H groups in total. The zero-order valence-electron chi connectivity index (χ0n) is 22.6. The minimum atomic E-state index is -3.58. The number of halogens is 4. The third-order valence-electron chi connectivity index (χ3n) is 7.35. The van der Waals surface area contributed by atoms with Crippen LogP contribution in [-0.2, 0) is 10.0 Å². The quantitative estimate of drug-likeness (QED) is 0.219. The maximum absolute atomic E-state index is 12.5. The first-order valence-corrected chi connectivity index (χ1v) is 16.0. The number of hydrogen-bond donors (Lipinski definition) is 2. The molecule has 6 nitrogen and oxygen atoms in total. The lowest BCUT2D eigenvalue weighted by molar-refractivity contribution is 0.248. The molecule has 0 saturated heterocycles. The maximum atomic E-state index is 12.5. The Bertz CT molecular complexity index is 1650. The van der Waals surface area contributed by atoms with Crippen molar-refractivity contribution in [3.05, 3.63) is 74.7 Å². The molecule has 2 fully saturated rings. The number of fused-ring (bicyclic) bond motifs is 2. The number of benzene rings is 2. The largest absolute Gasteiger partial charge is 0.325 e. The zero-order chi connectivity index (χ0) is 29.3. The molecule has 0 spiro atoms. The Hall–Kier alpha value is -1.71. The zero-order valence-corrected chi connectivity index (χ0v) is 26.4. The number of nitrogens with zero attached hydrogens (tertiary/aromatic N) is 2. The Kier molecular flexibility index (Phi) is 9.57. The van der Waals surface area contributed by atoms with Gasteiger partial charge in [-0.3, -0.25) is 0 Å². The highest BCUT2D eigenvalue weighted by molar-refractivity contribution is 7.89. The molecule has 0 bridgehead atoms.